The van der Waals surface area contributed by atoms with Crippen LogP contribution < -0.4 is 10.5 Å². The van der Waals surface area contributed by atoms with E-state index in [0.717, 1.165) is 0 Å². The molecule has 0 radical (unpaired) electrons. The van der Waals surface area contributed by atoms with Crippen LogP contribution >= 0.6 is 15.9 Å². The van der Waals surface area contributed by atoms with Gasteiger partial charge in [0.2, 0.25) is 10.0 Å². The number of halogens is 1. The van der Waals surface area contributed by atoms with Gasteiger partial charge in [-0.3, -0.25) is 0 Å². The van der Waals surface area contributed by atoms with Crippen molar-refractivity contribution in [3.05, 3.63) is 22.7 Å². The van der Waals surface area contributed by atoms with Crippen molar-refractivity contribution in [1.29, 1.82) is 0 Å². The predicted octanol–water partition coefficient (Wildman–Crippen LogP) is 0.851. The molecule has 1 aromatic rings. The standard InChI is InChI=1S/C12H17BrN2O4S/c13-10-2-1-9(7-11(10)14)20(17,18)15-8-12(16)3-5-19-6-4-12/h1-2,7,15-16H,3-6,8,14H2. The lowest BCUT2D eigenvalue weighted by Crippen LogP contribution is -2.46. The fourth-order valence-corrected chi connectivity index (χ4v) is 3.33. The van der Waals surface area contributed by atoms with Crippen molar-refractivity contribution in [2.24, 2.45) is 0 Å². The van der Waals surface area contributed by atoms with Gasteiger partial charge in [0.25, 0.3) is 0 Å². The highest BCUT2D eigenvalue weighted by Crippen LogP contribution is 2.24. The number of hydrogen-bond donors (Lipinski definition) is 3. The van der Waals surface area contributed by atoms with Gasteiger partial charge in [-0.15, -0.1) is 0 Å². The quantitative estimate of drug-likeness (QED) is 0.687. The van der Waals surface area contributed by atoms with Crippen LogP contribution in [-0.2, 0) is 14.8 Å². The van der Waals surface area contributed by atoms with E-state index in [1.54, 1.807) is 6.07 Å². The first-order valence-corrected chi connectivity index (χ1v) is 8.45. The van der Waals surface area contributed by atoms with Crippen LogP contribution in [0.2, 0.25) is 0 Å². The summed E-state index contributed by atoms with van der Waals surface area (Å²) >= 11 is 3.21. The number of anilines is 1. The SMILES string of the molecule is Nc1cc(S(=O)(=O)NCC2(O)CCOCC2)ccc1Br. The van der Waals surface area contributed by atoms with Crippen molar-refractivity contribution < 1.29 is 18.3 Å². The van der Waals surface area contributed by atoms with Gasteiger partial charge in [0, 0.05) is 42.8 Å². The van der Waals surface area contributed by atoms with Crippen molar-refractivity contribution in [3.63, 3.8) is 0 Å². The highest BCUT2D eigenvalue weighted by atomic mass is 79.9. The van der Waals surface area contributed by atoms with Gasteiger partial charge in [-0.2, -0.15) is 0 Å². The van der Waals surface area contributed by atoms with E-state index in [4.69, 9.17) is 10.5 Å². The van der Waals surface area contributed by atoms with Crippen molar-refractivity contribution in [3.8, 4) is 0 Å². The van der Waals surface area contributed by atoms with Gasteiger partial charge in [0.1, 0.15) is 0 Å². The highest BCUT2D eigenvalue weighted by molar-refractivity contribution is 9.10. The molecule has 1 aliphatic rings. The fraction of sp³-hybridized carbons (Fsp3) is 0.500. The maximum absolute atomic E-state index is 12.2. The van der Waals surface area contributed by atoms with E-state index in [1.165, 1.54) is 12.1 Å². The Balaban J connectivity index is 2.09. The Morgan fingerprint density at radius 3 is 2.65 bits per heavy atom. The number of nitrogen functional groups attached to an aromatic ring is 1. The largest absolute Gasteiger partial charge is 0.398 e. The minimum absolute atomic E-state index is 0.0331. The molecule has 112 valence electrons. The van der Waals surface area contributed by atoms with Crippen molar-refractivity contribution in [2.45, 2.75) is 23.3 Å². The van der Waals surface area contributed by atoms with Crippen LogP contribution in [0.25, 0.3) is 0 Å². The third-order valence-electron chi connectivity index (χ3n) is 3.29. The van der Waals surface area contributed by atoms with Crippen molar-refractivity contribution >= 4 is 31.6 Å². The Bertz CT molecular complexity index is 585. The second kappa shape index (κ2) is 5.98. The summed E-state index contributed by atoms with van der Waals surface area (Å²) in [4.78, 5) is 0.0776. The third-order valence-corrected chi connectivity index (χ3v) is 5.41. The number of hydrogen-bond acceptors (Lipinski definition) is 5. The van der Waals surface area contributed by atoms with E-state index in [1.807, 2.05) is 0 Å². The molecule has 4 N–H and O–H groups in total. The summed E-state index contributed by atoms with van der Waals surface area (Å²) in [7, 11) is -3.69. The number of sulfonamides is 1. The average molecular weight is 365 g/mol. The number of nitrogens with two attached hydrogens (primary N) is 1. The average Bonchev–Trinajstić information content (AvgIpc) is 2.41. The highest BCUT2D eigenvalue weighted by Gasteiger charge is 2.31. The predicted molar refractivity (Wildman–Crippen MR) is 78.7 cm³/mol. The lowest BCUT2D eigenvalue weighted by atomic mass is 9.95. The normalized spacial score (nSPS) is 18.9. The molecule has 1 aliphatic heterocycles. The molecule has 0 spiro atoms. The molecule has 0 aromatic heterocycles. The van der Waals surface area contributed by atoms with E-state index in [0.29, 0.717) is 36.2 Å². The second-order valence-electron chi connectivity index (χ2n) is 4.84. The van der Waals surface area contributed by atoms with Gasteiger partial charge in [0.15, 0.2) is 0 Å². The summed E-state index contributed by atoms with van der Waals surface area (Å²) in [5.74, 6) is 0. The summed E-state index contributed by atoms with van der Waals surface area (Å²) in [6.45, 7) is 0.835. The molecule has 1 aromatic carbocycles. The molecular formula is C12H17BrN2O4S. The molecule has 0 saturated carbocycles. The molecule has 20 heavy (non-hydrogen) atoms. The summed E-state index contributed by atoms with van der Waals surface area (Å²) in [6, 6.07) is 4.41. The minimum atomic E-state index is -3.69. The summed E-state index contributed by atoms with van der Waals surface area (Å²) in [5, 5.41) is 10.2. The van der Waals surface area contributed by atoms with Gasteiger partial charge in [0.05, 0.1) is 10.5 Å². The van der Waals surface area contributed by atoms with Crippen LogP contribution in [0.15, 0.2) is 27.6 Å². The molecule has 0 atom stereocenters. The third kappa shape index (κ3) is 3.70. The Morgan fingerprint density at radius 2 is 2.05 bits per heavy atom. The number of nitrogens with one attached hydrogen (secondary N) is 1. The zero-order valence-electron chi connectivity index (χ0n) is 10.8. The first kappa shape index (κ1) is 15.7. The molecule has 1 fully saturated rings. The second-order valence-corrected chi connectivity index (χ2v) is 7.47. The molecule has 0 bridgehead atoms. The van der Waals surface area contributed by atoms with E-state index < -0.39 is 15.6 Å². The van der Waals surface area contributed by atoms with E-state index in [9.17, 15) is 13.5 Å². The van der Waals surface area contributed by atoms with Gasteiger partial charge in [-0.1, -0.05) is 0 Å². The molecule has 1 saturated heterocycles. The Hall–Kier alpha value is -0.670. The number of rotatable bonds is 4. The minimum Gasteiger partial charge on any atom is -0.398 e. The van der Waals surface area contributed by atoms with Gasteiger partial charge in [-0.05, 0) is 34.1 Å². The fourth-order valence-electron chi connectivity index (χ4n) is 1.93. The summed E-state index contributed by atoms with van der Waals surface area (Å²) < 4.78 is 32.5. The van der Waals surface area contributed by atoms with Crippen molar-refractivity contribution in [1.82, 2.24) is 4.72 Å². The molecule has 8 heteroatoms. The summed E-state index contributed by atoms with van der Waals surface area (Å²) in [6.07, 6.45) is 0.829. The Morgan fingerprint density at radius 1 is 1.40 bits per heavy atom. The topological polar surface area (TPSA) is 102 Å². The summed E-state index contributed by atoms with van der Waals surface area (Å²) in [5.41, 5.74) is 4.97. The molecule has 0 amide bonds. The number of aliphatic hydroxyl groups is 1. The molecule has 0 unspecified atom stereocenters. The van der Waals surface area contributed by atoms with Crippen LogP contribution in [-0.4, -0.2) is 38.9 Å². The number of ether oxygens (including phenoxy) is 1. The maximum atomic E-state index is 12.2. The maximum Gasteiger partial charge on any atom is 0.240 e. The van der Waals surface area contributed by atoms with E-state index in [-0.39, 0.29) is 11.4 Å². The van der Waals surface area contributed by atoms with Crippen LogP contribution in [0.5, 0.6) is 0 Å². The van der Waals surface area contributed by atoms with Gasteiger partial charge < -0.3 is 15.6 Å². The van der Waals surface area contributed by atoms with Crippen LogP contribution in [0.1, 0.15) is 12.8 Å². The van der Waals surface area contributed by atoms with Crippen molar-refractivity contribution in [2.75, 3.05) is 25.5 Å². The molecular weight excluding hydrogens is 348 g/mol. The first-order valence-electron chi connectivity index (χ1n) is 6.17. The smallest absolute Gasteiger partial charge is 0.240 e. The Kier molecular flexibility index (Phi) is 4.70. The zero-order valence-corrected chi connectivity index (χ0v) is 13.2. The molecule has 1 heterocycles. The van der Waals surface area contributed by atoms with Gasteiger partial charge >= 0.3 is 0 Å². The Labute approximate surface area is 126 Å². The molecule has 6 nitrogen and oxygen atoms in total. The lowest BCUT2D eigenvalue weighted by molar-refractivity contribution is -0.0588. The van der Waals surface area contributed by atoms with E-state index >= 15 is 0 Å². The lowest BCUT2D eigenvalue weighted by Gasteiger charge is -2.31. The zero-order chi connectivity index (χ0) is 14.8. The van der Waals surface area contributed by atoms with Crippen LogP contribution in [0, 0.1) is 0 Å². The van der Waals surface area contributed by atoms with Crippen LogP contribution in [0.3, 0.4) is 0 Å². The monoisotopic (exact) mass is 364 g/mol. The molecule has 2 rings (SSSR count). The molecule has 0 aliphatic carbocycles. The van der Waals surface area contributed by atoms with Crippen LogP contribution in [0.4, 0.5) is 5.69 Å². The first-order chi connectivity index (χ1) is 9.32. The van der Waals surface area contributed by atoms with Gasteiger partial charge in [-0.25, -0.2) is 13.1 Å². The number of benzene rings is 1. The van der Waals surface area contributed by atoms with E-state index in [2.05, 4.69) is 20.7 Å².